The SMILES string of the molecule is CN1CCCC(OC(=O)C(C(N)=O)c2ccccc2)C1. The molecule has 0 radical (unpaired) electrons. The minimum absolute atomic E-state index is 0.160. The monoisotopic (exact) mass is 276 g/mol. The molecule has 1 amide bonds. The summed E-state index contributed by atoms with van der Waals surface area (Å²) in [5, 5.41) is 0. The predicted octanol–water partition coefficient (Wildman–Crippen LogP) is 0.893. The molecule has 2 atom stereocenters. The molecule has 1 fully saturated rings. The zero-order valence-electron chi connectivity index (χ0n) is 11.6. The van der Waals surface area contributed by atoms with Crippen molar-refractivity contribution < 1.29 is 14.3 Å². The van der Waals surface area contributed by atoms with E-state index >= 15 is 0 Å². The Kier molecular flexibility index (Phi) is 4.74. The molecular formula is C15H20N2O3. The molecule has 5 nitrogen and oxygen atoms in total. The van der Waals surface area contributed by atoms with Gasteiger partial charge in [-0.25, -0.2) is 0 Å². The summed E-state index contributed by atoms with van der Waals surface area (Å²) < 4.78 is 5.46. The Balaban J connectivity index is 2.06. The smallest absolute Gasteiger partial charge is 0.323 e. The Morgan fingerprint density at radius 2 is 2.05 bits per heavy atom. The van der Waals surface area contributed by atoms with E-state index in [1.165, 1.54) is 0 Å². The highest BCUT2D eigenvalue weighted by molar-refractivity contribution is 6.02. The highest BCUT2D eigenvalue weighted by Crippen LogP contribution is 2.20. The molecule has 0 aliphatic carbocycles. The quantitative estimate of drug-likeness (QED) is 0.655. The Hall–Kier alpha value is -1.88. The third-order valence-electron chi connectivity index (χ3n) is 3.52. The van der Waals surface area contributed by atoms with E-state index in [0.29, 0.717) is 12.1 Å². The van der Waals surface area contributed by atoms with Crippen LogP contribution in [-0.4, -0.2) is 43.0 Å². The maximum atomic E-state index is 12.2. The molecule has 0 aromatic heterocycles. The molecule has 20 heavy (non-hydrogen) atoms. The van der Waals surface area contributed by atoms with E-state index < -0.39 is 17.8 Å². The van der Waals surface area contributed by atoms with Crippen molar-refractivity contribution in [1.82, 2.24) is 4.90 Å². The summed E-state index contributed by atoms with van der Waals surface area (Å²) in [6.45, 7) is 1.71. The van der Waals surface area contributed by atoms with Crippen LogP contribution in [0.25, 0.3) is 0 Å². The second kappa shape index (κ2) is 6.52. The lowest BCUT2D eigenvalue weighted by atomic mass is 9.98. The van der Waals surface area contributed by atoms with Gasteiger partial charge in [-0.2, -0.15) is 0 Å². The zero-order chi connectivity index (χ0) is 14.5. The number of piperidine rings is 1. The first kappa shape index (κ1) is 14.5. The fraction of sp³-hybridized carbons (Fsp3) is 0.467. The molecule has 2 rings (SSSR count). The molecule has 0 saturated carbocycles. The van der Waals surface area contributed by atoms with E-state index in [9.17, 15) is 9.59 Å². The maximum Gasteiger partial charge on any atom is 0.323 e. The summed E-state index contributed by atoms with van der Waals surface area (Å²) in [6, 6.07) is 8.79. The number of benzene rings is 1. The van der Waals surface area contributed by atoms with Crippen molar-refractivity contribution in [2.45, 2.75) is 24.9 Å². The van der Waals surface area contributed by atoms with Gasteiger partial charge in [-0.05, 0) is 32.0 Å². The summed E-state index contributed by atoms with van der Waals surface area (Å²) in [5.74, 6) is -2.25. The Labute approximate surface area is 118 Å². The molecule has 1 aromatic rings. The molecule has 1 aromatic carbocycles. The summed E-state index contributed by atoms with van der Waals surface area (Å²) in [4.78, 5) is 25.9. The minimum Gasteiger partial charge on any atom is -0.460 e. The van der Waals surface area contributed by atoms with Crippen LogP contribution in [0.3, 0.4) is 0 Å². The number of ether oxygens (including phenoxy) is 1. The number of nitrogens with two attached hydrogens (primary N) is 1. The van der Waals surface area contributed by atoms with Crippen LogP contribution in [-0.2, 0) is 14.3 Å². The highest BCUT2D eigenvalue weighted by atomic mass is 16.5. The van der Waals surface area contributed by atoms with Gasteiger partial charge in [-0.15, -0.1) is 0 Å². The minimum atomic E-state index is -1.02. The third-order valence-corrected chi connectivity index (χ3v) is 3.52. The average molecular weight is 276 g/mol. The van der Waals surface area contributed by atoms with Crippen molar-refractivity contribution in [2.75, 3.05) is 20.1 Å². The number of hydrogen-bond donors (Lipinski definition) is 1. The summed E-state index contributed by atoms with van der Waals surface area (Å²) >= 11 is 0. The third kappa shape index (κ3) is 3.57. The Bertz CT molecular complexity index is 475. The molecule has 0 spiro atoms. The number of primary amides is 1. The maximum absolute atomic E-state index is 12.2. The van der Waals surface area contributed by atoms with E-state index in [0.717, 1.165) is 19.4 Å². The first-order chi connectivity index (χ1) is 9.58. The number of likely N-dealkylation sites (tertiary alicyclic amines) is 1. The van der Waals surface area contributed by atoms with E-state index in [-0.39, 0.29) is 6.10 Å². The molecule has 2 unspecified atom stereocenters. The first-order valence-electron chi connectivity index (χ1n) is 6.81. The van der Waals surface area contributed by atoms with Crippen LogP contribution < -0.4 is 5.73 Å². The van der Waals surface area contributed by atoms with Gasteiger partial charge in [-0.3, -0.25) is 9.59 Å². The summed E-state index contributed by atoms with van der Waals surface area (Å²) in [7, 11) is 1.99. The fourth-order valence-corrected chi connectivity index (χ4v) is 2.51. The van der Waals surface area contributed by atoms with E-state index in [1.807, 2.05) is 13.1 Å². The van der Waals surface area contributed by atoms with Crippen molar-refractivity contribution in [1.29, 1.82) is 0 Å². The highest BCUT2D eigenvalue weighted by Gasteiger charge is 2.31. The molecule has 1 aliphatic rings. The van der Waals surface area contributed by atoms with Crippen LogP contribution in [0, 0.1) is 0 Å². The molecular weight excluding hydrogens is 256 g/mol. The molecule has 1 saturated heterocycles. The van der Waals surface area contributed by atoms with Crippen molar-refractivity contribution in [3.05, 3.63) is 35.9 Å². The van der Waals surface area contributed by atoms with Gasteiger partial charge in [0.15, 0.2) is 5.92 Å². The van der Waals surface area contributed by atoms with Crippen LogP contribution in [0.2, 0.25) is 0 Å². The van der Waals surface area contributed by atoms with Crippen LogP contribution in [0.15, 0.2) is 30.3 Å². The van der Waals surface area contributed by atoms with Gasteiger partial charge >= 0.3 is 5.97 Å². The molecule has 1 aliphatic heterocycles. The normalized spacial score (nSPS) is 21.1. The topological polar surface area (TPSA) is 72.6 Å². The first-order valence-corrected chi connectivity index (χ1v) is 6.81. The van der Waals surface area contributed by atoms with Gasteiger partial charge in [0, 0.05) is 6.54 Å². The van der Waals surface area contributed by atoms with Crippen molar-refractivity contribution >= 4 is 11.9 Å². The second-order valence-corrected chi connectivity index (χ2v) is 5.21. The van der Waals surface area contributed by atoms with Crippen molar-refractivity contribution in [2.24, 2.45) is 5.73 Å². The van der Waals surface area contributed by atoms with Gasteiger partial charge < -0.3 is 15.4 Å². The van der Waals surface area contributed by atoms with Crippen molar-refractivity contribution in [3.63, 3.8) is 0 Å². The van der Waals surface area contributed by atoms with E-state index in [4.69, 9.17) is 10.5 Å². The molecule has 108 valence electrons. The largest absolute Gasteiger partial charge is 0.460 e. The van der Waals surface area contributed by atoms with Crippen LogP contribution in [0.5, 0.6) is 0 Å². The summed E-state index contributed by atoms with van der Waals surface area (Å²) in [5.41, 5.74) is 5.93. The number of carbonyl (C=O) groups is 2. The van der Waals surface area contributed by atoms with Gasteiger partial charge in [0.25, 0.3) is 0 Å². The second-order valence-electron chi connectivity index (χ2n) is 5.21. The molecule has 2 N–H and O–H groups in total. The standard InChI is InChI=1S/C15H20N2O3/c1-17-9-5-8-12(10-17)20-15(19)13(14(16)18)11-6-3-2-4-7-11/h2-4,6-7,12-13H,5,8-10H2,1H3,(H2,16,18). The van der Waals surface area contributed by atoms with E-state index in [2.05, 4.69) is 4.90 Å². The number of hydrogen-bond acceptors (Lipinski definition) is 4. The summed E-state index contributed by atoms with van der Waals surface area (Å²) in [6.07, 6.45) is 1.66. The lowest BCUT2D eigenvalue weighted by Gasteiger charge is -2.30. The van der Waals surface area contributed by atoms with Gasteiger partial charge in [0.1, 0.15) is 6.10 Å². The number of nitrogens with zero attached hydrogens (tertiary/aromatic N) is 1. The van der Waals surface area contributed by atoms with Gasteiger partial charge in [0.05, 0.1) is 0 Å². The Morgan fingerprint density at radius 3 is 2.65 bits per heavy atom. The van der Waals surface area contributed by atoms with Crippen molar-refractivity contribution in [3.8, 4) is 0 Å². The average Bonchev–Trinajstić information content (AvgIpc) is 2.39. The molecule has 1 heterocycles. The number of esters is 1. The Morgan fingerprint density at radius 1 is 1.35 bits per heavy atom. The predicted molar refractivity (Wildman–Crippen MR) is 75.0 cm³/mol. The zero-order valence-corrected chi connectivity index (χ0v) is 11.6. The van der Waals surface area contributed by atoms with Gasteiger partial charge in [-0.1, -0.05) is 30.3 Å². The lowest BCUT2D eigenvalue weighted by molar-refractivity contribution is -0.155. The number of carbonyl (C=O) groups excluding carboxylic acids is 2. The van der Waals surface area contributed by atoms with Crippen LogP contribution >= 0.6 is 0 Å². The van der Waals surface area contributed by atoms with Gasteiger partial charge in [0.2, 0.25) is 5.91 Å². The lowest BCUT2D eigenvalue weighted by Crippen LogP contribution is -2.40. The molecule has 5 heteroatoms. The number of amides is 1. The fourth-order valence-electron chi connectivity index (χ4n) is 2.51. The van der Waals surface area contributed by atoms with Crippen LogP contribution in [0.4, 0.5) is 0 Å². The van der Waals surface area contributed by atoms with Crippen LogP contribution in [0.1, 0.15) is 24.3 Å². The number of rotatable bonds is 4. The van der Waals surface area contributed by atoms with E-state index in [1.54, 1.807) is 24.3 Å². The number of likely N-dealkylation sites (N-methyl/N-ethyl adjacent to an activating group) is 1. The molecule has 0 bridgehead atoms.